The SMILES string of the molecule is CC(=O)O.O=S(=O)(O)O.[Mn].[Mn]. The second-order valence-electron chi connectivity index (χ2n) is 0.967. The second-order valence-corrected chi connectivity index (χ2v) is 1.86. The normalized spacial score (nSPS) is 7.55. The fourth-order valence-electron chi connectivity index (χ4n) is 0. The largest absolute Gasteiger partial charge is 0.481 e. The molecule has 0 saturated heterocycles. The average molecular weight is 268 g/mol. The molecule has 3 N–H and O–H groups in total. The fourth-order valence-corrected chi connectivity index (χ4v) is 0. The van der Waals surface area contributed by atoms with Crippen molar-refractivity contribution in [1.82, 2.24) is 0 Å². The van der Waals surface area contributed by atoms with E-state index in [2.05, 4.69) is 0 Å². The first-order valence-corrected chi connectivity index (χ1v) is 3.02. The van der Waals surface area contributed by atoms with Crippen LogP contribution < -0.4 is 0 Å². The summed E-state index contributed by atoms with van der Waals surface area (Å²) in [5.41, 5.74) is 0. The van der Waals surface area contributed by atoms with Crippen molar-refractivity contribution in [2.24, 2.45) is 0 Å². The minimum atomic E-state index is -4.67. The summed E-state index contributed by atoms with van der Waals surface area (Å²) in [6, 6.07) is 0. The van der Waals surface area contributed by atoms with E-state index >= 15 is 0 Å². The summed E-state index contributed by atoms with van der Waals surface area (Å²) in [7, 11) is -4.67. The first kappa shape index (κ1) is 22.5. The maximum absolute atomic E-state index is 9.00. The van der Waals surface area contributed by atoms with Gasteiger partial charge in [-0.05, 0) is 0 Å². The second kappa shape index (κ2) is 10.4. The zero-order chi connectivity index (χ0) is 8.08. The van der Waals surface area contributed by atoms with Crippen molar-refractivity contribution in [3.8, 4) is 0 Å². The van der Waals surface area contributed by atoms with E-state index in [-0.39, 0.29) is 34.1 Å². The van der Waals surface area contributed by atoms with Gasteiger partial charge < -0.3 is 5.11 Å². The van der Waals surface area contributed by atoms with Gasteiger partial charge in [0.15, 0.2) is 0 Å². The van der Waals surface area contributed by atoms with E-state index in [1.165, 1.54) is 0 Å². The average Bonchev–Trinajstić information content (AvgIpc) is 1.19. The minimum absolute atomic E-state index is 0. The number of hydrogen-bond donors (Lipinski definition) is 3. The Hall–Kier alpha value is 0.379. The van der Waals surface area contributed by atoms with Crippen LogP contribution in [0.4, 0.5) is 0 Å². The maximum Gasteiger partial charge on any atom is 0.394 e. The van der Waals surface area contributed by atoms with Gasteiger partial charge >= 0.3 is 10.4 Å². The first-order valence-electron chi connectivity index (χ1n) is 1.63. The molecule has 9 heteroatoms. The number of hydrogen-bond acceptors (Lipinski definition) is 3. The molecule has 11 heavy (non-hydrogen) atoms. The van der Waals surface area contributed by atoms with Crippen LogP contribution in [0.15, 0.2) is 0 Å². The van der Waals surface area contributed by atoms with Crippen LogP contribution in [0.25, 0.3) is 0 Å². The van der Waals surface area contributed by atoms with Crippen molar-refractivity contribution in [3.05, 3.63) is 0 Å². The molecule has 0 aliphatic rings. The topological polar surface area (TPSA) is 112 Å². The number of aliphatic carboxylic acids is 1. The molecule has 2 radical (unpaired) electrons. The van der Waals surface area contributed by atoms with Crippen LogP contribution in [-0.2, 0) is 49.3 Å². The van der Waals surface area contributed by atoms with E-state index < -0.39 is 16.4 Å². The molecule has 0 fully saturated rings. The third-order valence-corrected chi connectivity index (χ3v) is 0. The van der Waals surface area contributed by atoms with Gasteiger partial charge in [-0.15, -0.1) is 0 Å². The molecule has 0 unspecified atom stereocenters. The van der Waals surface area contributed by atoms with E-state index in [1.807, 2.05) is 0 Å². The van der Waals surface area contributed by atoms with Crippen molar-refractivity contribution < 1.29 is 61.6 Å². The summed E-state index contributed by atoms with van der Waals surface area (Å²) in [5.74, 6) is -0.833. The van der Waals surface area contributed by atoms with Gasteiger partial charge in [-0.1, -0.05) is 0 Å². The van der Waals surface area contributed by atoms with Gasteiger partial charge in [0, 0.05) is 41.1 Å². The first-order chi connectivity index (χ1) is 3.73. The molecule has 0 aromatic heterocycles. The van der Waals surface area contributed by atoms with Crippen LogP contribution in [0, 0.1) is 0 Å². The van der Waals surface area contributed by atoms with Gasteiger partial charge in [-0.3, -0.25) is 13.9 Å². The third kappa shape index (κ3) is 5070. The van der Waals surface area contributed by atoms with E-state index in [9.17, 15) is 0 Å². The fraction of sp³-hybridized carbons (Fsp3) is 0.500. The molecule has 0 heterocycles. The third-order valence-electron chi connectivity index (χ3n) is 0. The Morgan fingerprint density at radius 1 is 1.18 bits per heavy atom. The molecule has 0 aliphatic heterocycles. The standard InChI is InChI=1S/C2H4O2.2Mn.H2O4S/c1-2(3)4;;;1-5(2,3)4/h1H3,(H,3,4);;;(H2,1,2,3,4). The van der Waals surface area contributed by atoms with Crippen molar-refractivity contribution in [2.75, 3.05) is 0 Å². The van der Waals surface area contributed by atoms with Crippen molar-refractivity contribution in [2.45, 2.75) is 6.92 Å². The molecule has 0 atom stereocenters. The molecule has 6 nitrogen and oxygen atoms in total. The van der Waals surface area contributed by atoms with Crippen LogP contribution in [0.5, 0.6) is 0 Å². The summed E-state index contributed by atoms with van der Waals surface area (Å²) < 4.78 is 31.6. The van der Waals surface area contributed by atoms with E-state index in [0.717, 1.165) is 6.92 Å². The molecule has 0 bridgehead atoms. The van der Waals surface area contributed by atoms with E-state index in [1.54, 1.807) is 0 Å². The van der Waals surface area contributed by atoms with Gasteiger partial charge in [-0.2, -0.15) is 8.42 Å². The Labute approximate surface area is 84.9 Å². The maximum atomic E-state index is 9.00. The Bertz CT molecular complexity index is 161. The zero-order valence-corrected chi connectivity index (χ0v) is 8.41. The summed E-state index contributed by atoms with van der Waals surface area (Å²) >= 11 is 0. The molecule has 0 rings (SSSR count). The van der Waals surface area contributed by atoms with Crippen LogP contribution in [0.2, 0.25) is 0 Å². The van der Waals surface area contributed by atoms with E-state index in [4.69, 9.17) is 27.4 Å². The van der Waals surface area contributed by atoms with Gasteiger partial charge in [0.25, 0.3) is 5.97 Å². The Balaban J connectivity index is -0.0000000383. The van der Waals surface area contributed by atoms with Gasteiger partial charge in [0.05, 0.1) is 0 Å². The van der Waals surface area contributed by atoms with Gasteiger partial charge in [0.2, 0.25) is 0 Å². The zero-order valence-electron chi connectivity index (χ0n) is 5.23. The molecule has 0 amide bonds. The van der Waals surface area contributed by atoms with Crippen LogP contribution in [0.3, 0.4) is 0 Å². The molecular weight excluding hydrogens is 262 g/mol. The summed E-state index contributed by atoms with van der Waals surface area (Å²) in [5, 5.41) is 7.42. The molecule has 0 saturated carbocycles. The number of carbonyl (C=O) groups is 1. The van der Waals surface area contributed by atoms with Crippen molar-refractivity contribution in [1.29, 1.82) is 0 Å². The van der Waals surface area contributed by atoms with Crippen molar-refractivity contribution in [3.63, 3.8) is 0 Å². The summed E-state index contributed by atoms with van der Waals surface area (Å²) in [6.45, 7) is 1.08. The molecule has 0 spiro atoms. The molecule has 0 aromatic rings. The monoisotopic (exact) mass is 268 g/mol. The molecule has 70 valence electrons. The summed E-state index contributed by atoms with van der Waals surface area (Å²) in [4.78, 5) is 9.00. The number of carboxylic acid groups (broad SMARTS) is 1. The van der Waals surface area contributed by atoms with Crippen molar-refractivity contribution >= 4 is 16.4 Å². The Morgan fingerprint density at radius 3 is 1.18 bits per heavy atom. The van der Waals surface area contributed by atoms with Gasteiger partial charge in [-0.25, -0.2) is 0 Å². The summed E-state index contributed by atoms with van der Waals surface area (Å²) in [6.07, 6.45) is 0. The predicted molar refractivity (Wildman–Crippen MR) is 27.5 cm³/mol. The molecule has 0 aliphatic carbocycles. The minimum Gasteiger partial charge on any atom is -0.481 e. The van der Waals surface area contributed by atoms with E-state index in [0.29, 0.717) is 0 Å². The quantitative estimate of drug-likeness (QED) is 0.400. The number of carboxylic acids is 1. The predicted octanol–water partition coefficient (Wildman–Crippen LogP) is -0.567. The molecular formula is C2H6Mn2O6S. The van der Waals surface area contributed by atoms with Gasteiger partial charge in [0.1, 0.15) is 0 Å². The smallest absolute Gasteiger partial charge is 0.394 e. The Morgan fingerprint density at radius 2 is 1.18 bits per heavy atom. The van der Waals surface area contributed by atoms with Crippen LogP contribution in [-0.4, -0.2) is 28.6 Å². The van der Waals surface area contributed by atoms with Crippen LogP contribution in [0.1, 0.15) is 6.92 Å². The Kier molecular flexibility index (Phi) is 21.2. The van der Waals surface area contributed by atoms with Crippen LogP contribution >= 0.6 is 0 Å². The molecule has 0 aromatic carbocycles. The number of rotatable bonds is 0.